The SMILES string of the molecule is Oc1c(Sc2ccc(Cl)c(Cl)c2O)ccc(Cl)c1Cl. The highest BCUT2D eigenvalue weighted by molar-refractivity contribution is 7.99. The maximum atomic E-state index is 9.88. The Kier molecular flexibility index (Phi) is 4.64. The Hall–Kier alpha value is -0.450. The normalized spacial score (nSPS) is 10.7. The van der Waals surface area contributed by atoms with Gasteiger partial charge in [0, 0.05) is 0 Å². The average Bonchev–Trinajstić information content (AvgIpc) is 2.39. The van der Waals surface area contributed by atoms with Gasteiger partial charge in [0.15, 0.2) is 0 Å². The molecule has 0 saturated heterocycles. The number of hydrogen-bond acceptors (Lipinski definition) is 3. The third-order valence-corrected chi connectivity index (χ3v) is 4.97. The number of aromatic hydroxyl groups is 2. The van der Waals surface area contributed by atoms with Gasteiger partial charge in [-0.15, -0.1) is 0 Å². The van der Waals surface area contributed by atoms with Crippen molar-refractivity contribution in [3.63, 3.8) is 0 Å². The zero-order valence-electron chi connectivity index (χ0n) is 9.12. The minimum atomic E-state index is -0.148. The van der Waals surface area contributed by atoms with Crippen molar-refractivity contribution >= 4 is 58.2 Å². The van der Waals surface area contributed by atoms with Crippen molar-refractivity contribution in [2.75, 3.05) is 0 Å². The molecule has 0 spiro atoms. The fourth-order valence-electron chi connectivity index (χ4n) is 1.33. The van der Waals surface area contributed by atoms with Crippen LogP contribution < -0.4 is 0 Å². The summed E-state index contributed by atoms with van der Waals surface area (Å²) in [6.45, 7) is 0. The molecule has 0 atom stereocenters. The molecule has 0 radical (unpaired) electrons. The van der Waals surface area contributed by atoms with Gasteiger partial charge in [0.25, 0.3) is 0 Å². The molecule has 0 fully saturated rings. The molecule has 0 bridgehead atoms. The molecular formula is C12H6Cl4O2S. The van der Waals surface area contributed by atoms with Gasteiger partial charge in [-0.2, -0.15) is 0 Å². The first-order valence-electron chi connectivity index (χ1n) is 4.93. The fourth-order valence-corrected chi connectivity index (χ4v) is 2.98. The molecule has 2 aromatic carbocycles. The van der Waals surface area contributed by atoms with Crippen molar-refractivity contribution in [1.29, 1.82) is 0 Å². The minimum Gasteiger partial charge on any atom is -0.505 e. The van der Waals surface area contributed by atoms with Crippen LogP contribution in [0.4, 0.5) is 0 Å². The summed E-state index contributed by atoms with van der Waals surface area (Å²) >= 11 is 24.3. The maximum absolute atomic E-state index is 9.88. The number of rotatable bonds is 2. The van der Waals surface area contributed by atoms with E-state index in [4.69, 9.17) is 46.4 Å². The Bertz CT molecular complexity index is 591. The standard InChI is InChI=1S/C12H6Cl4O2S/c13-5-1-3-7(11(17)9(5)15)19-8-4-2-6(14)10(16)12(8)18/h1-4,17-18H. The lowest BCUT2D eigenvalue weighted by molar-refractivity contribution is 0.460. The van der Waals surface area contributed by atoms with E-state index in [1.807, 2.05) is 0 Å². The number of phenolic OH excluding ortho intramolecular Hbond substituents is 2. The summed E-state index contributed by atoms with van der Waals surface area (Å²) in [5, 5.41) is 20.4. The predicted molar refractivity (Wildman–Crippen MR) is 80.4 cm³/mol. The molecular weight excluding hydrogens is 350 g/mol. The van der Waals surface area contributed by atoms with Crippen LogP contribution in [0.15, 0.2) is 34.1 Å². The average molecular weight is 356 g/mol. The molecule has 0 aromatic heterocycles. The van der Waals surface area contributed by atoms with E-state index in [2.05, 4.69) is 0 Å². The van der Waals surface area contributed by atoms with Crippen molar-refractivity contribution in [2.24, 2.45) is 0 Å². The Morgan fingerprint density at radius 2 is 1.05 bits per heavy atom. The van der Waals surface area contributed by atoms with Gasteiger partial charge >= 0.3 is 0 Å². The molecule has 2 N–H and O–H groups in total. The van der Waals surface area contributed by atoms with Gasteiger partial charge in [0.2, 0.25) is 0 Å². The van der Waals surface area contributed by atoms with Crippen molar-refractivity contribution < 1.29 is 10.2 Å². The summed E-state index contributed by atoms with van der Waals surface area (Å²) in [5.74, 6) is -0.297. The summed E-state index contributed by atoms with van der Waals surface area (Å²) in [6, 6.07) is 6.30. The lowest BCUT2D eigenvalue weighted by atomic mass is 10.3. The van der Waals surface area contributed by atoms with Crippen molar-refractivity contribution in [3.8, 4) is 11.5 Å². The van der Waals surface area contributed by atoms with E-state index >= 15 is 0 Å². The van der Waals surface area contributed by atoms with Gasteiger partial charge in [0.1, 0.15) is 21.5 Å². The van der Waals surface area contributed by atoms with E-state index in [0.717, 1.165) is 11.8 Å². The maximum Gasteiger partial charge on any atom is 0.149 e. The fraction of sp³-hybridized carbons (Fsp3) is 0. The van der Waals surface area contributed by atoms with Gasteiger partial charge in [-0.3, -0.25) is 0 Å². The first-order chi connectivity index (χ1) is 8.91. The Morgan fingerprint density at radius 3 is 1.42 bits per heavy atom. The number of halogens is 4. The van der Waals surface area contributed by atoms with Crippen molar-refractivity contribution in [3.05, 3.63) is 44.4 Å². The van der Waals surface area contributed by atoms with Gasteiger partial charge < -0.3 is 10.2 Å². The monoisotopic (exact) mass is 354 g/mol. The number of benzene rings is 2. The molecule has 0 amide bonds. The highest BCUT2D eigenvalue weighted by atomic mass is 35.5. The molecule has 0 aliphatic carbocycles. The zero-order valence-corrected chi connectivity index (χ0v) is 13.0. The van der Waals surface area contributed by atoms with E-state index in [9.17, 15) is 10.2 Å². The first kappa shape index (κ1) is 14.9. The molecule has 0 unspecified atom stereocenters. The predicted octanol–water partition coefficient (Wildman–Crippen LogP) is 5.86. The molecule has 2 aromatic rings. The third-order valence-electron chi connectivity index (χ3n) is 2.28. The quantitative estimate of drug-likeness (QED) is 0.708. The summed E-state index contributed by atoms with van der Waals surface area (Å²) in [4.78, 5) is 0.895. The van der Waals surface area contributed by atoms with Crippen LogP contribution in [-0.2, 0) is 0 Å². The second-order valence-electron chi connectivity index (χ2n) is 3.52. The summed E-state index contributed by atoms with van der Waals surface area (Å²) < 4.78 is 0. The van der Waals surface area contributed by atoms with E-state index < -0.39 is 0 Å². The van der Waals surface area contributed by atoms with Gasteiger partial charge in [0.05, 0.1) is 19.8 Å². The highest BCUT2D eigenvalue weighted by Crippen LogP contribution is 2.46. The molecule has 0 aliphatic heterocycles. The van der Waals surface area contributed by atoms with E-state index in [0.29, 0.717) is 9.79 Å². The molecule has 2 rings (SSSR count). The summed E-state index contributed by atoms with van der Waals surface area (Å²) in [6.07, 6.45) is 0. The second kappa shape index (κ2) is 5.90. The molecule has 0 saturated carbocycles. The number of phenols is 2. The van der Waals surface area contributed by atoms with Crippen LogP contribution in [-0.4, -0.2) is 10.2 Å². The van der Waals surface area contributed by atoms with Gasteiger partial charge in [-0.05, 0) is 24.3 Å². The Labute approximate surface area is 133 Å². The number of hydrogen-bond donors (Lipinski definition) is 2. The summed E-state index contributed by atoms with van der Waals surface area (Å²) in [7, 11) is 0. The van der Waals surface area contributed by atoms with E-state index in [1.54, 1.807) is 24.3 Å². The van der Waals surface area contributed by atoms with Crippen LogP contribution in [0.2, 0.25) is 20.1 Å². The molecule has 2 nitrogen and oxygen atoms in total. The molecule has 7 heteroatoms. The van der Waals surface area contributed by atoms with E-state index in [-0.39, 0.29) is 31.6 Å². The molecule has 0 aliphatic rings. The molecule has 0 heterocycles. The van der Waals surface area contributed by atoms with Gasteiger partial charge in [-0.25, -0.2) is 0 Å². The van der Waals surface area contributed by atoms with Crippen LogP contribution in [0.1, 0.15) is 0 Å². The van der Waals surface area contributed by atoms with Crippen molar-refractivity contribution in [2.45, 2.75) is 9.79 Å². The Morgan fingerprint density at radius 1 is 0.684 bits per heavy atom. The second-order valence-corrected chi connectivity index (χ2v) is 6.17. The molecule has 19 heavy (non-hydrogen) atoms. The van der Waals surface area contributed by atoms with Crippen LogP contribution in [0.5, 0.6) is 11.5 Å². The first-order valence-corrected chi connectivity index (χ1v) is 7.26. The minimum absolute atomic E-state index is 0.0613. The third kappa shape index (κ3) is 3.01. The topological polar surface area (TPSA) is 40.5 Å². The van der Waals surface area contributed by atoms with Gasteiger partial charge in [-0.1, -0.05) is 58.2 Å². The zero-order chi connectivity index (χ0) is 14.2. The van der Waals surface area contributed by atoms with Crippen LogP contribution in [0.3, 0.4) is 0 Å². The lowest BCUT2D eigenvalue weighted by Gasteiger charge is -2.09. The highest BCUT2D eigenvalue weighted by Gasteiger charge is 2.15. The van der Waals surface area contributed by atoms with Crippen LogP contribution in [0, 0.1) is 0 Å². The van der Waals surface area contributed by atoms with Crippen molar-refractivity contribution in [1.82, 2.24) is 0 Å². The lowest BCUT2D eigenvalue weighted by Crippen LogP contribution is -1.81. The largest absolute Gasteiger partial charge is 0.505 e. The molecule has 100 valence electrons. The summed E-state index contributed by atoms with van der Waals surface area (Å²) in [5.41, 5.74) is 0. The van der Waals surface area contributed by atoms with Crippen LogP contribution in [0.25, 0.3) is 0 Å². The van der Waals surface area contributed by atoms with Crippen LogP contribution >= 0.6 is 58.2 Å². The smallest absolute Gasteiger partial charge is 0.149 e. The Balaban J connectivity index is 2.43. The van der Waals surface area contributed by atoms with E-state index in [1.165, 1.54) is 0 Å².